The summed E-state index contributed by atoms with van der Waals surface area (Å²) in [7, 11) is 0. The molecule has 0 atom stereocenters. The van der Waals surface area contributed by atoms with Gasteiger partial charge < -0.3 is 5.43 Å². The Kier molecular flexibility index (Phi) is 3.20. The van der Waals surface area contributed by atoms with Crippen molar-refractivity contribution in [2.24, 2.45) is 5.84 Å². The van der Waals surface area contributed by atoms with Crippen LogP contribution in [-0.4, -0.2) is 9.97 Å². The maximum Gasteiger partial charge on any atom is 0.187 e. The van der Waals surface area contributed by atoms with E-state index >= 15 is 0 Å². The molecular formula is C12H12F2N4. The minimum atomic E-state index is -0.616. The highest BCUT2D eigenvalue weighted by Gasteiger charge is 2.12. The van der Waals surface area contributed by atoms with Crippen LogP contribution in [0.4, 0.5) is 14.6 Å². The molecule has 1 aromatic heterocycles. The van der Waals surface area contributed by atoms with E-state index < -0.39 is 11.6 Å². The number of anilines is 1. The lowest BCUT2D eigenvalue weighted by Gasteiger charge is -2.08. The summed E-state index contributed by atoms with van der Waals surface area (Å²) in [6, 6.07) is 4.40. The monoisotopic (exact) mass is 250 g/mol. The zero-order valence-electron chi connectivity index (χ0n) is 9.96. The van der Waals surface area contributed by atoms with E-state index in [9.17, 15) is 8.78 Å². The molecule has 0 amide bonds. The first kappa shape index (κ1) is 12.4. The van der Waals surface area contributed by atoms with Crippen molar-refractivity contribution in [1.82, 2.24) is 9.97 Å². The van der Waals surface area contributed by atoms with Gasteiger partial charge in [-0.3, -0.25) is 0 Å². The normalized spacial score (nSPS) is 10.5. The van der Waals surface area contributed by atoms with E-state index in [0.717, 1.165) is 5.56 Å². The van der Waals surface area contributed by atoms with Crippen LogP contribution >= 0.6 is 0 Å². The summed E-state index contributed by atoms with van der Waals surface area (Å²) in [5.74, 6) is 4.28. The first-order valence-electron chi connectivity index (χ1n) is 5.29. The number of halogens is 2. The number of aromatic nitrogens is 2. The maximum absolute atomic E-state index is 13.5. The highest BCUT2D eigenvalue weighted by molar-refractivity contribution is 5.59. The number of nitrogens with two attached hydrogens (primary N) is 1. The molecule has 0 aliphatic heterocycles. The molecule has 0 unspecified atom stereocenters. The number of benzene rings is 1. The molecule has 0 spiro atoms. The third kappa shape index (κ3) is 2.28. The second-order valence-corrected chi connectivity index (χ2v) is 3.96. The van der Waals surface area contributed by atoms with Crippen LogP contribution in [0, 0.1) is 25.5 Å². The molecule has 0 saturated heterocycles. The lowest BCUT2D eigenvalue weighted by molar-refractivity contribution is 0.606. The van der Waals surface area contributed by atoms with Gasteiger partial charge in [-0.25, -0.2) is 24.6 Å². The Morgan fingerprint density at radius 2 is 1.83 bits per heavy atom. The van der Waals surface area contributed by atoms with Crippen LogP contribution in [0.5, 0.6) is 0 Å². The second kappa shape index (κ2) is 4.66. The fourth-order valence-corrected chi connectivity index (χ4v) is 1.65. The molecule has 1 heterocycles. The third-order valence-corrected chi connectivity index (χ3v) is 2.45. The van der Waals surface area contributed by atoms with E-state index in [2.05, 4.69) is 15.4 Å². The van der Waals surface area contributed by atoms with Gasteiger partial charge in [0.2, 0.25) is 0 Å². The van der Waals surface area contributed by atoms with Gasteiger partial charge in [0.25, 0.3) is 0 Å². The highest BCUT2D eigenvalue weighted by Crippen LogP contribution is 2.22. The number of hydrogen-bond donors (Lipinski definition) is 2. The largest absolute Gasteiger partial charge is 0.306 e. The summed E-state index contributed by atoms with van der Waals surface area (Å²) in [5.41, 5.74) is 3.52. The van der Waals surface area contributed by atoms with E-state index in [-0.39, 0.29) is 17.3 Å². The van der Waals surface area contributed by atoms with Crippen molar-refractivity contribution in [3.05, 3.63) is 41.1 Å². The van der Waals surface area contributed by atoms with Gasteiger partial charge in [0, 0.05) is 5.56 Å². The Morgan fingerprint density at radius 3 is 2.44 bits per heavy atom. The fourth-order valence-electron chi connectivity index (χ4n) is 1.65. The zero-order valence-corrected chi connectivity index (χ0v) is 9.96. The predicted octanol–water partition coefficient (Wildman–Crippen LogP) is 2.32. The van der Waals surface area contributed by atoms with Crippen molar-refractivity contribution >= 4 is 5.82 Å². The average molecular weight is 250 g/mol. The number of nitrogens with zero attached hydrogens (tertiary/aromatic N) is 2. The van der Waals surface area contributed by atoms with Gasteiger partial charge in [0.15, 0.2) is 17.5 Å². The van der Waals surface area contributed by atoms with Crippen molar-refractivity contribution in [3.8, 4) is 11.4 Å². The Hall–Kier alpha value is -2.08. The number of nitrogens with one attached hydrogen (secondary N) is 1. The summed E-state index contributed by atoms with van der Waals surface area (Å²) < 4.78 is 26.8. The van der Waals surface area contributed by atoms with Crippen LogP contribution in [0.3, 0.4) is 0 Å². The van der Waals surface area contributed by atoms with Gasteiger partial charge in [-0.05, 0) is 37.6 Å². The van der Waals surface area contributed by atoms with Gasteiger partial charge in [-0.1, -0.05) is 0 Å². The zero-order chi connectivity index (χ0) is 13.3. The standard InChI is InChI=1S/C12H12F2N4/c1-6-3-8(5-9(13)4-6)11-16-7(2)10(14)12(17-11)18-15/h3-5H,15H2,1-2H3,(H,16,17,18). The summed E-state index contributed by atoms with van der Waals surface area (Å²) in [5, 5.41) is 0. The summed E-state index contributed by atoms with van der Waals surface area (Å²) in [6.45, 7) is 3.25. The minimum Gasteiger partial charge on any atom is -0.306 e. The molecule has 0 aliphatic rings. The lowest BCUT2D eigenvalue weighted by atomic mass is 10.1. The molecule has 0 saturated carbocycles. The molecule has 0 aliphatic carbocycles. The van der Waals surface area contributed by atoms with Gasteiger partial charge in [0.1, 0.15) is 5.82 Å². The molecule has 0 fully saturated rings. The van der Waals surface area contributed by atoms with Crippen molar-refractivity contribution < 1.29 is 8.78 Å². The number of nitrogen functional groups attached to an aromatic ring is 1. The molecule has 1 aromatic carbocycles. The molecule has 94 valence electrons. The smallest absolute Gasteiger partial charge is 0.187 e. The fraction of sp³-hybridized carbons (Fsp3) is 0.167. The van der Waals surface area contributed by atoms with Crippen LogP contribution < -0.4 is 11.3 Å². The number of aryl methyl sites for hydroxylation is 2. The van der Waals surface area contributed by atoms with Gasteiger partial charge in [-0.2, -0.15) is 0 Å². The summed E-state index contributed by atoms with van der Waals surface area (Å²) >= 11 is 0. The molecule has 6 heteroatoms. The highest BCUT2D eigenvalue weighted by atomic mass is 19.1. The minimum absolute atomic E-state index is 0.112. The summed E-state index contributed by atoms with van der Waals surface area (Å²) in [6.07, 6.45) is 0. The van der Waals surface area contributed by atoms with Crippen LogP contribution in [-0.2, 0) is 0 Å². The van der Waals surface area contributed by atoms with Crippen molar-refractivity contribution in [3.63, 3.8) is 0 Å². The Labute approximate surface area is 103 Å². The molecular weight excluding hydrogens is 238 g/mol. The quantitative estimate of drug-likeness (QED) is 0.634. The van der Waals surface area contributed by atoms with E-state index in [1.807, 2.05) is 0 Å². The van der Waals surface area contributed by atoms with Gasteiger partial charge in [0.05, 0.1) is 5.69 Å². The average Bonchev–Trinajstić information content (AvgIpc) is 2.31. The second-order valence-electron chi connectivity index (χ2n) is 3.96. The number of hydrogen-bond acceptors (Lipinski definition) is 4. The molecule has 3 N–H and O–H groups in total. The van der Waals surface area contributed by atoms with Crippen LogP contribution in [0.1, 0.15) is 11.3 Å². The van der Waals surface area contributed by atoms with E-state index in [1.54, 1.807) is 13.0 Å². The van der Waals surface area contributed by atoms with Gasteiger partial charge >= 0.3 is 0 Å². The topological polar surface area (TPSA) is 63.8 Å². The number of rotatable bonds is 2. The predicted molar refractivity (Wildman–Crippen MR) is 64.7 cm³/mol. The molecule has 2 rings (SSSR count). The Bertz CT molecular complexity index is 579. The molecule has 0 radical (unpaired) electrons. The molecule has 2 aromatic rings. The SMILES string of the molecule is Cc1cc(F)cc(-c2nc(C)c(F)c(NN)n2)c1. The molecule has 0 bridgehead atoms. The van der Waals surface area contributed by atoms with E-state index in [4.69, 9.17) is 5.84 Å². The van der Waals surface area contributed by atoms with Crippen molar-refractivity contribution in [2.75, 3.05) is 5.43 Å². The maximum atomic E-state index is 13.5. The third-order valence-electron chi connectivity index (χ3n) is 2.45. The van der Waals surface area contributed by atoms with Crippen LogP contribution in [0.25, 0.3) is 11.4 Å². The first-order chi connectivity index (χ1) is 8.51. The first-order valence-corrected chi connectivity index (χ1v) is 5.29. The lowest BCUT2D eigenvalue weighted by Crippen LogP contribution is -2.13. The van der Waals surface area contributed by atoms with E-state index in [0.29, 0.717) is 5.56 Å². The Balaban J connectivity index is 2.60. The number of hydrazine groups is 1. The Morgan fingerprint density at radius 1 is 1.11 bits per heavy atom. The van der Waals surface area contributed by atoms with Gasteiger partial charge in [-0.15, -0.1) is 0 Å². The van der Waals surface area contributed by atoms with E-state index in [1.165, 1.54) is 19.1 Å². The molecule has 4 nitrogen and oxygen atoms in total. The van der Waals surface area contributed by atoms with Crippen molar-refractivity contribution in [1.29, 1.82) is 0 Å². The summed E-state index contributed by atoms with van der Waals surface area (Å²) in [4.78, 5) is 7.90. The van der Waals surface area contributed by atoms with Crippen molar-refractivity contribution in [2.45, 2.75) is 13.8 Å². The van der Waals surface area contributed by atoms with Crippen LogP contribution in [0.2, 0.25) is 0 Å². The molecule has 18 heavy (non-hydrogen) atoms. The van der Waals surface area contributed by atoms with Crippen LogP contribution in [0.15, 0.2) is 18.2 Å².